The van der Waals surface area contributed by atoms with Gasteiger partial charge in [-0.1, -0.05) is 18.2 Å². The number of aromatic amines is 1. The smallest absolute Gasteiger partial charge is 0.274 e. The van der Waals surface area contributed by atoms with Crippen LogP contribution >= 0.6 is 0 Å². The van der Waals surface area contributed by atoms with Crippen LogP contribution in [0, 0.1) is 5.82 Å². The third-order valence-electron chi connectivity index (χ3n) is 4.07. The van der Waals surface area contributed by atoms with Gasteiger partial charge in [0.05, 0.1) is 0 Å². The van der Waals surface area contributed by atoms with Crippen molar-refractivity contribution in [1.29, 1.82) is 0 Å². The van der Waals surface area contributed by atoms with E-state index < -0.39 is 15.8 Å². The normalized spacial score (nSPS) is 12.0. The fourth-order valence-corrected chi connectivity index (χ4v) is 3.75. The number of furan rings is 1. The molecule has 0 aliphatic rings. The molecule has 4 aromatic rings. The predicted molar refractivity (Wildman–Crippen MR) is 94.8 cm³/mol. The number of fused-ring (bicyclic) bond motifs is 2. The summed E-state index contributed by atoms with van der Waals surface area (Å²) in [5.41, 5.74) is 0.652. The Bertz CT molecular complexity index is 1290. The van der Waals surface area contributed by atoms with Gasteiger partial charge in [0.15, 0.2) is 0 Å². The standard InChI is InChI=1S/C18H13FN2O4S/c19-13-5-6-16-11(7-13)8-17(25-16)26(23,24)21-10-12-9-20-18(22)15-4-2-1-3-14(12)15/h1-9,21H,10H2,(H,20,22). The van der Waals surface area contributed by atoms with E-state index in [1.807, 2.05) is 0 Å². The highest BCUT2D eigenvalue weighted by Gasteiger charge is 2.20. The Morgan fingerprint density at radius 3 is 2.65 bits per heavy atom. The molecule has 2 N–H and O–H groups in total. The van der Waals surface area contributed by atoms with E-state index in [0.717, 1.165) is 0 Å². The van der Waals surface area contributed by atoms with E-state index in [0.29, 0.717) is 21.7 Å². The van der Waals surface area contributed by atoms with Crippen LogP contribution in [0.1, 0.15) is 5.56 Å². The van der Waals surface area contributed by atoms with E-state index in [1.54, 1.807) is 24.3 Å². The number of nitrogens with one attached hydrogen (secondary N) is 2. The van der Waals surface area contributed by atoms with Crippen molar-refractivity contribution in [2.45, 2.75) is 11.6 Å². The molecular weight excluding hydrogens is 359 g/mol. The topological polar surface area (TPSA) is 92.2 Å². The SMILES string of the molecule is O=c1[nH]cc(CNS(=O)(=O)c2cc3cc(F)ccc3o2)c2ccccc12. The monoisotopic (exact) mass is 372 g/mol. The van der Waals surface area contributed by atoms with Crippen LogP contribution < -0.4 is 10.3 Å². The number of H-pyrrole nitrogens is 1. The molecule has 2 aromatic heterocycles. The Labute approximate surface area is 147 Å². The second-order valence-electron chi connectivity index (χ2n) is 5.76. The highest BCUT2D eigenvalue weighted by molar-refractivity contribution is 7.89. The Balaban J connectivity index is 1.66. The van der Waals surface area contributed by atoms with Crippen LogP contribution in [0.5, 0.6) is 0 Å². The van der Waals surface area contributed by atoms with Crippen molar-refractivity contribution in [2.24, 2.45) is 0 Å². The lowest BCUT2D eigenvalue weighted by molar-refractivity contribution is 0.475. The van der Waals surface area contributed by atoms with E-state index in [4.69, 9.17) is 4.42 Å². The maximum absolute atomic E-state index is 13.3. The Kier molecular flexibility index (Phi) is 3.86. The molecule has 0 spiro atoms. The third kappa shape index (κ3) is 2.89. The number of benzene rings is 2. The molecule has 132 valence electrons. The molecule has 0 saturated heterocycles. The quantitative estimate of drug-likeness (QED) is 0.576. The molecule has 0 bridgehead atoms. The number of hydrogen-bond acceptors (Lipinski definition) is 4. The number of pyridine rings is 1. The van der Waals surface area contributed by atoms with E-state index in [-0.39, 0.29) is 22.8 Å². The summed E-state index contributed by atoms with van der Waals surface area (Å²) in [6.45, 7) is -0.0367. The third-order valence-corrected chi connectivity index (χ3v) is 5.32. The summed E-state index contributed by atoms with van der Waals surface area (Å²) in [5, 5.41) is 1.20. The molecule has 0 fully saturated rings. The minimum atomic E-state index is -3.94. The fourth-order valence-electron chi connectivity index (χ4n) is 2.78. The van der Waals surface area contributed by atoms with Gasteiger partial charge in [-0.05, 0) is 35.2 Å². The molecule has 2 heterocycles. The van der Waals surface area contributed by atoms with Gasteiger partial charge >= 0.3 is 0 Å². The van der Waals surface area contributed by atoms with Crippen LogP contribution in [-0.4, -0.2) is 13.4 Å². The van der Waals surface area contributed by atoms with E-state index in [1.165, 1.54) is 30.5 Å². The molecule has 0 unspecified atom stereocenters. The van der Waals surface area contributed by atoms with E-state index >= 15 is 0 Å². The van der Waals surface area contributed by atoms with Crippen molar-refractivity contribution in [3.63, 3.8) is 0 Å². The molecule has 6 nitrogen and oxygen atoms in total. The lowest BCUT2D eigenvalue weighted by Gasteiger charge is -2.07. The molecule has 0 aliphatic carbocycles. The lowest BCUT2D eigenvalue weighted by Crippen LogP contribution is -2.23. The molecule has 0 aliphatic heterocycles. The van der Waals surface area contributed by atoms with Crippen LogP contribution in [0.2, 0.25) is 0 Å². The van der Waals surface area contributed by atoms with Gasteiger partial charge in [-0.25, -0.2) is 17.5 Å². The molecule has 4 rings (SSSR count). The highest BCUT2D eigenvalue weighted by Crippen LogP contribution is 2.24. The molecule has 8 heteroatoms. The maximum Gasteiger partial charge on any atom is 0.274 e. The first kappa shape index (κ1) is 16.5. The van der Waals surface area contributed by atoms with Crippen LogP contribution in [0.25, 0.3) is 21.7 Å². The van der Waals surface area contributed by atoms with Gasteiger partial charge in [0, 0.05) is 29.6 Å². The zero-order chi connectivity index (χ0) is 18.3. The fraction of sp³-hybridized carbons (Fsp3) is 0.0556. The first-order valence-electron chi connectivity index (χ1n) is 7.72. The first-order chi connectivity index (χ1) is 12.4. The Hall–Kier alpha value is -2.97. The Morgan fingerprint density at radius 2 is 1.85 bits per heavy atom. The molecule has 2 aromatic carbocycles. The van der Waals surface area contributed by atoms with Crippen molar-refractivity contribution >= 4 is 31.8 Å². The van der Waals surface area contributed by atoms with Gasteiger partial charge in [-0.2, -0.15) is 0 Å². The van der Waals surface area contributed by atoms with Gasteiger partial charge < -0.3 is 9.40 Å². The number of hydrogen-bond donors (Lipinski definition) is 2. The molecular formula is C18H13FN2O4S. The molecule has 0 amide bonds. The zero-order valence-electron chi connectivity index (χ0n) is 13.3. The average molecular weight is 372 g/mol. The average Bonchev–Trinajstić information content (AvgIpc) is 3.05. The van der Waals surface area contributed by atoms with Crippen molar-refractivity contribution < 1.29 is 17.2 Å². The van der Waals surface area contributed by atoms with Crippen LogP contribution in [0.4, 0.5) is 4.39 Å². The molecule has 0 atom stereocenters. The zero-order valence-corrected chi connectivity index (χ0v) is 14.1. The largest absolute Gasteiger partial charge is 0.443 e. The second-order valence-corrected chi connectivity index (χ2v) is 7.46. The second kappa shape index (κ2) is 6.08. The molecule has 0 saturated carbocycles. The summed E-state index contributed by atoms with van der Waals surface area (Å²) >= 11 is 0. The van der Waals surface area contributed by atoms with Gasteiger partial charge in [0.1, 0.15) is 11.4 Å². The highest BCUT2D eigenvalue weighted by atomic mass is 32.2. The number of aromatic nitrogens is 1. The predicted octanol–water partition coefficient (Wildman–Crippen LogP) is 2.89. The number of rotatable bonds is 4. The molecule has 26 heavy (non-hydrogen) atoms. The van der Waals surface area contributed by atoms with E-state index in [2.05, 4.69) is 9.71 Å². The minimum Gasteiger partial charge on any atom is -0.443 e. The van der Waals surface area contributed by atoms with Crippen LogP contribution in [-0.2, 0) is 16.6 Å². The van der Waals surface area contributed by atoms with Gasteiger partial charge in [0.2, 0.25) is 5.09 Å². The maximum atomic E-state index is 13.3. The van der Waals surface area contributed by atoms with Crippen molar-refractivity contribution in [3.8, 4) is 0 Å². The van der Waals surface area contributed by atoms with Gasteiger partial charge in [-0.15, -0.1) is 0 Å². The summed E-state index contributed by atoms with van der Waals surface area (Å²) in [7, 11) is -3.94. The van der Waals surface area contributed by atoms with Gasteiger partial charge in [-0.3, -0.25) is 4.79 Å². The summed E-state index contributed by atoms with van der Waals surface area (Å²) < 4.78 is 46.0. The van der Waals surface area contributed by atoms with Crippen LogP contribution in [0.3, 0.4) is 0 Å². The lowest BCUT2D eigenvalue weighted by atomic mass is 10.1. The van der Waals surface area contributed by atoms with E-state index in [9.17, 15) is 17.6 Å². The summed E-state index contributed by atoms with van der Waals surface area (Å²) in [4.78, 5) is 14.4. The minimum absolute atomic E-state index is 0.0367. The number of halogens is 1. The summed E-state index contributed by atoms with van der Waals surface area (Å²) in [6.07, 6.45) is 1.47. The van der Waals surface area contributed by atoms with Crippen LogP contribution in [0.15, 0.2) is 69.0 Å². The summed E-state index contributed by atoms with van der Waals surface area (Å²) in [6, 6.07) is 12.0. The summed E-state index contributed by atoms with van der Waals surface area (Å²) in [5.74, 6) is -0.477. The molecule has 0 radical (unpaired) electrons. The van der Waals surface area contributed by atoms with Gasteiger partial charge in [0.25, 0.3) is 15.6 Å². The van der Waals surface area contributed by atoms with Crippen molar-refractivity contribution in [2.75, 3.05) is 0 Å². The van der Waals surface area contributed by atoms with Crippen molar-refractivity contribution in [3.05, 3.63) is 76.5 Å². The number of sulfonamides is 1. The Morgan fingerprint density at radius 1 is 1.08 bits per heavy atom. The first-order valence-corrected chi connectivity index (χ1v) is 9.20. The van der Waals surface area contributed by atoms with Crippen molar-refractivity contribution in [1.82, 2.24) is 9.71 Å².